The number of amides is 1. The third kappa shape index (κ3) is 4.17. The van der Waals surface area contributed by atoms with Gasteiger partial charge in [0.2, 0.25) is 0 Å². The lowest BCUT2D eigenvalue weighted by Crippen LogP contribution is -2.23. The van der Waals surface area contributed by atoms with E-state index < -0.39 is 17.6 Å². The second-order valence-corrected chi connectivity index (χ2v) is 6.19. The number of nitrogens with zero attached hydrogens (tertiary/aromatic N) is 2. The molecule has 0 unspecified atom stereocenters. The van der Waals surface area contributed by atoms with Crippen molar-refractivity contribution < 1.29 is 23.1 Å². The summed E-state index contributed by atoms with van der Waals surface area (Å²) in [6.45, 7) is 0.144. The van der Waals surface area contributed by atoms with E-state index in [1.165, 1.54) is 41.9 Å². The van der Waals surface area contributed by atoms with Gasteiger partial charge in [0.25, 0.3) is 5.91 Å². The quantitative estimate of drug-likeness (QED) is 0.722. The number of carbonyl (C=O) groups is 1. The minimum absolute atomic E-state index is 0.115. The van der Waals surface area contributed by atoms with Crippen molar-refractivity contribution in [1.29, 1.82) is 0 Å². The zero-order valence-corrected chi connectivity index (χ0v) is 13.9. The normalized spacial score (nSPS) is 11.3. The summed E-state index contributed by atoms with van der Waals surface area (Å²) in [5.74, 6) is -0.534. The van der Waals surface area contributed by atoms with Crippen molar-refractivity contribution in [2.45, 2.75) is 12.7 Å². The first-order chi connectivity index (χ1) is 12.3. The molecule has 3 aromatic rings. The van der Waals surface area contributed by atoms with Gasteiger partial charge >= 0.3 is 6.18 Å². The lowest BCUT2D eigenvalue weighted by atomic mass is 10.1. The number of halogens is 3. The summed E-state index contributed by atoms with van der Waals surface area (Å²) in [6, 6.07) is 6.03. The van der Waals surface area contributed by atoms with Crippen molar-refractivity contribution in [1.82, 2.24) is 15.3 Å². The second kappa shape index (κ2) is 7.12. The number of benzene rings is 1. The van der Waals surface area contributed by atoms with Crippen molar-refractivity contribution in [2.75, 3.05) is 0 Å². The molecule has 9 heteroatoms. The topological polar surface area (TPSA) is 75.1 Å². The maximum atomic E-state index is 12.6. The number of nitrogens with one attached hydrogen (secondary N) is 1. The fourth-order valence-corrected chi connectivity index (χ4v) is 2.97. The van der Waals surface area contributed by atoms with Crippen molar-refractivity contribution in [3.63, 3.8) is 0 Å². The largest absolute Gasteiger partial charge is 0.506 e. The van der Waals surface area contributed by atoms with Crippen LogP contribution in [0.5, 0.6) is 5.75 Å². The fraction of sp³-hybridized carbons (Fsp3) is 0.118. The van der Waals surface area contributed by atoms with E-state index in [2.05, 4.69) is 15.3 Å². The van der Waals surface area contributed by atoms with E-state index in [0.717, 1.165) is 12.1 Å². The van der Waals surface area contributed by atoms with Gasteiger partial charge in [0.1, 0.15) is 10.8 Å². The summed E-state index contributed by atoms with van der Waals surface area (Å²) < 4.78 is 37.8. The molecule has 0 spiro atoms. The Kier molecular flexibility index (Phi) is 4.90. The third-order valence-electron chi connectivity index (χ3n) is 3.43. The Balaban J connectivity index is 1.65. The standard InChI is InChI=1S/C17H12F3N3O2S/c18-17(19,20)12-3-1-10(2-4-12)16-23-13(9-26-16)7-22-15(25)11-5-14(24)8-21-6-11/h1-6,8-9,24H,7H2,(H,22,25). The van der Waals surface area contributed by atoms with Gasteiger partial charge in [0.05, 0.1) is 29.6 Å². The van der Waals surface area contributed by atoms with Crippen LogP contribution < -0.4 is 5.32 Å². The van der Waals surface area contributed by atoms with Crippen LogP contribution in [0.3, 0.4) is 0 Å². The van der Waals surface area contributed by atoms with Crippen LogP contribution in [0.15, 0.2) is 48.1 Å². The van der Waals surface area contributed by atoms with Gasteiger partial charge in [-0.15, -0.1) is 11.3 Å². The first kappa shape index (κ1) is 17.9. The zero-order chi connectivity index (χ0) is 18.7. The molecule has 1 amide bonds. The molecule has 26 heavy (non-hydrogen) atoms. The lowest BCUT2D eigenvalue weighted by molar-refractivity contribution is -0.137. The summed E-state index contributed by atoms with van der Waals surface area (Å²) in [5, 5.41) is 14.2. The average Bonchev–Trinajstić information content (AvgIpc) is 3.08. The SMILES string of the molecule is O=C(NCc1csc(-c2ccc(C(F)(F)F)cc2)n1)c1cncc(O)c1. The van der Waals surface area contributed by atoms with Gasteiger partial charge < -0.3 is 10.4 Å². The molecule has 0 atom stereocenters. The number of rotatable bonds is 4. The van der Waals surface area contributed by atoms with E-state index in [-0.39, 0.29) is 17.9 Å². The summed E-state index contributed by atoms with van der Waals surface area (Å²) in [7, 11) is 0. The molecule has 0 bridgehead atoms. The van der Waals surface area contributed by atoms with Crippen molar-refractivity contribution >= 4 is 17.2 Å². The molecule has 0 aliphatic heterocycles. The maximum absolute atomic E-state index is 12.6. The fourth-order valence-electron chi connectivity index (χ4n) is 2.15. The Labute approximate surface area is 150 Å². The maximum Gasteiger partial charge on any atom is 0.416 e. The third-order valence-corrected chi connectivity index (χ3v) is 4.37. The highest BCUT2D eigenvalue weighted by Crippen LogP contribution is 2.31. The zero-order valence-electron chi connectivity index (χ0n) is 13.1. The van der Waals surface area contributed by atoms with Crippen LogP contribution in [0.25, 0.3) is 10.6 Å². The second-order valence-electron chi connectivity index (χ2n) is 5.33. The molecule has 2 heterocycles. The van der Waals surface area contributed by atoms with Gasteiger partial charge in [-0.25, -0.2) is 4.98 Å². The molecular weight excluding hydrogens is 367 g/mol. The molecule has 0 saturated heterocycles. The first-order valence-electron chi connectivity index (χ1n) is 7.37. The molecule has 0 aliphatic rings. The number of hydrogen-bond acceptors (Lipinski definition) is 5. The number of pyridine rings is 1. The molecule has 0 fully saturated rings. The van der Waals surface area contributed by atoms with Crippen LogP contribution in [-0.4, -0.2) is 21.0 Å². The number of aromatic nitrogens is 2. The Morgan fingerprint density at radius 1 is 1.19 bits per heavy atom. The van der Waals surface area contributed by atoms with Crippen molar-refractivity contribution in [2.24, 2.45) is 0 Å². The Morgan fingerprint density at radius 3 is 2.58 bits per heavy atom. The van der Waals surface area contributed by atoms with Crippen molar-refractivity contribution in [3.8, 4) is 16.3 Å². The van der Waals surface area contributed by atoms with E-state index in [1.54, 1.807) is 5.38 Å². The van der Waals surface area contributed by atoms with Gasteiger partial charge in [-0.2, -0.15) is 13.2 Å². The van der Waals surface area contributed by atoms with Crippen LogP contribution in [0.2, 0.25) is 0 Å². The lowest BCUT2D eigenvalue weighted by Gasteiger charge is -2.06. The smallest absolute Gasteiger partial charge is 0.416 e. The molecule has 0 saturated carbocycles. The van der Waals surface area contributed by atoms with E-state index in [4.69, 9.17) is 0 Å². The van der Waals surface area contributed by atoms with Gasteiger partial charge in [-0.05, 0) is 18.2 Å². The van der Waals surface area contributed by atoms with E-state index in [0.29, 0.717) is 16.3 Å². The monoisotopic (exact) mass is 379 g/mol. The number of thiazole rings is 1. The van der Waals surface area contributed by atoms with Crippen LogP contribution in [0.4, 0.5) is 13.2 Å². The molecule has 0 aliphatic carbocycles. The molecule has 3 rings (SSSR count). The molecule has 2 aromatic heterocycles. The van der Waals surface area contributed by atoms with Crippen molar-refractivity contribution in [3.05, 3.63) is 64.9 Å². The highest BCUT2D eigenvalue weighted by atomic mass is 32.1. The van der Waals surface area contributed by atoms with E-state index in [9.17, 15) is 23.1 Å². The molecule has 2 N–H and O–H groups in total. The number of aromatic hydroxyl groups is 1. The Bertz CT molecular complexity index is 924. The van der Waals surface area contributed by atoms with Gasteiger partial charge in [0, 0.05) is 17.1 Å². The predicted molar refractivity (Wildman–Crippen MR) is 89.6 cm³/mol. The minimum Gasteiger partial charge on any atom is -0.506 e. The Hall–Kier alpha value is -2.94. The van der Waals surface area contributed by atoms with Gasteiger partial charge in [0.15, 0.2) is 0 Å². The van der Waals surface area contributed by atoms with Gasteiger partial charge in [-0.1, -0.05) is 12.1 Å². The molecule has 5 nitrogen and oxygen atoms in total. The molecule has 0 radical (unpaired) electrons. The van der Waals surface area contributed by atoms with Crippen LogP contribution in [-0.2, 0) is 12.7 Å². The summed E-state index contributed by atoms with van der Waals surface area (Å²) >= 11 is 1.27. The van der Waals surface area contributed by atoms with Crippen LogP contribution in [0.1, 0.15) is 21.6 Å². The first-order valence-corrected chi connectivity index (χ1v) is 8.25. The van der Waals surface area contributed by atoms with E-state index >= 15 is 0 Å². The van der Waals surface area contributed by atoms with Crippen LogP contribution >= 0.6 is 11.3 Å². The molecule has 134 valence electrons. The summed E-state index contributed by atoms with van der Waals surface area (Å²) in [6.07, 6.45) is -1.84. The minimum atomic E-state index is -4.38. The highest BCUT2D eigenvalue weighted by Gasteiger charge is 2.30. The van der Waals surface area contributed by atoms with Gasteiger partial charge in [-0.3, -0.25) is 9.78 Å². The molecule has 1 aromatic carbocycles. The van der Waals surface area contributed by atoms with Crippen LogP contribution in [0, 0.1) is 0 Å². The van der Waals surface area contributed by atoms with E-state index in [1.807, 2.05) is 0 Å². The predicted octanol–water partition coefficient (Wildman–Crippen LogP) is 3.86. The summed E-state index contributed by atoms with van der Waals surface area (Å²) in [4.78, 5) is 20.0. The molecular formula is C17H12F3N3O2S. The number of alkyl halides is 3. The number of hydrogen-bond donors (Lipinski definition) is 2. The Morgan fingerprint density at radius 2 is 1.92 bits per heavy atom. The summed E-state index contributed by atoms with van der Waals surface area (Å²) in [5.41, 5.74) is 0.636. The average molecular weight is 379 g/mol. The highest BCUT2D eigenvalue weighted by molar-refractivity contribution is 7.13. The number of carbonyl (C=O) groups excluding carboxylic acids is 1.